The fourth-order valence-electron chi connectivity index (χ4n) is 3.60. The molecule has 1 heterocycles. The molecular weight excluding hydrogens is 326 g/mol. The summed E-state index contributed by atoms with van der Waals surface area (Å²) < 4.78 is 0. The van der Waals surface area contributed by atoms with Gasteiger partial charge in [0.1, 0.15) is 0 Å². The van der Waals surface area contributed by atoms with Gasteiger partial charge in [-0.2, -0.15) is 0 Å². The van der Waals surface area contributed by atoms with E-state index in [1.165, 1.54) is 24.0 Å². The van der Waals surface area contributed by atoms with Crippen molar-refractivity contribution in [3.8, 4) is 0 Å². The molecule has 0 unspecified atom stereocenters. The largest absolute Gasteiger partial charge is 0.353 e. The van der Waals surface area contributed by atoms with Gasteiger partial charge in [-0.05, 0) is 37.7 Å². The van der Waals surface area contributed by atoms with Crippen LogP contribution in [0.5, 0.6) is 0 Å². The van der Waals surface area contributed by atoms with Crippen LogP contribution in [-0.4, -0.2) is 53.8 Å². The summed E-state index contributed by atoms with van der Waals surface area (Å²) in [5, 5.41) is 2.94. The maximum absolute atomic E-state index is 12.9. The Morgan fingerprint density at radius 3 is 2.65 bits per heavy atom. The molecule has 0 aromatic heterocycles. The lowest BCUT2D eigenvalue weighted by atomic mass is 10.1. The van der Waals surface area contributed by atoms with Crippen LogP contribution in [0.3, 0.4) is 0 Å². The molecule has 1 aliphatic carbocycles. The lowest BCUT2D eigenvalue weighted by Gasteiger charge is -2.36. The first-order chi connectivity index (χ1) is 12.6. The Labute approximate surface area is 156 Å². The minimum Gasteiger partial charge on any atom is -0.353 e. The molecule has 1 saturated heterocycles. The van der Waals surface area contributed by atoms with Crippen LogP contribution in [0.4, 0.5) is 0 Å². The molecule has 1 atom stereocenters. The summed E-state index contributed by atoms with van der Waals surface area (Å²) in [5.74, 6) is 0.781. The van der Waals surface area contributed by atoms with Gasteiger partial charge in [0.2, 0.25) is 11.8 Å². The van der Waals surface area contributed by atoms with Gasteiger partial charge in [-0.1, -0.05) is 36.8 Å². The predicted octanol–water partition coefficient (Wildman–Crippen LogP) is 2.33. The quantitative estimate of drug-likeness (QED) is 0.777. The monoisotopic (exact) mass is 357 g/mol. The van der Waals surface area contributed by atoms with E-state index < -0.39 is 0 Å². The van der Waals surface area contributed by atoms with Gasteiger partial charge in [-0.3, -0.25) is 14.5 Å². The maximum atomic E-state index is 12.9. The fourth-order valence-corrected chi connectivity index (χ4v) is 3.60. The van der Waals surface area contributed by atoms with Gasteiger partial charge < -0.3 is 10.2 Å². The van der Waals surface area contributed by atoms with Crippen molar-refractivity contribution in [2.24, 2.45) is 5.92 Å². The van der Waals surface area contributed by atoms with Crippen LogP contribution < -0.4 is 5.32 Å². The van der Waals surface area contributed by atoms with Gasteiger partial charge >= 0.3 is 0 Å². The molecular formula is C21H31N3O2. The Balaban J connectivity index is 1.65. The lowest BCUT2D eigenvalue weighted by molar-refractivity contribution is -0.139. The van der Waals surface area contributed by atoms with Gasteiger partial charge in [0, 0.05) is 32.7 Å². The number of rotatable bonds is 8. The topological polar surface area (TPSA) is 52.7 Å². The van der Waals surface area contributed by atoms with Crippen molar-refractivity contribution in [1.82, 2.24) is 15.1 Å². The number of carbonyl (C=O) groups is 2. The molecule has 5 heteroatoms. The Kier molecular flexibility index (Phi) is 6.30. The Morgan fingerprint density at radius 2 is 2.00 bits per heavy atom. The summed E-state index contributed by atoms with van der Waals surface area (Å²) in [6.07, 6.45) is 3.71. The number of amides is 2. The highest BCUT2D eigenvalue weighted by molar-refractivity contribution is 5.88. The molecule has 3 rings (SSSR count). The minimum absolute atomic E-state index is 0.0143. The second kappa shape index (κ2) is 8.67. The zero-order valence-corrected chi connectivity index (χ0v) is 16.0. The molecule has 0 spiro atoms. The van der Waals surface area contributed by atoms with Crippen LogP contribution in [0.1, 0.15) is 43.7 Å². The van der Waals surface area contributed by atoms with E-state index >= 15 is 0 Å². The summed E-state index contributed by atoms with van der Waals surface area (Å²) in [7, 11) is 0. The normalized spacial score (nSPS) is 20.7. The number of nitrogens with one attached hydrogen (secondary N) is 1. The van der Waals surface area contributed by atoms with E-state index in [1.54, 1.807) is 0 Å². The maximum Gasteiger partial charge on any atom is 0.237 e. The first kappa shape index (κ1) is 18.9. The van der Waals surface area contributed by atoms with E-state index in [-0.39, 0.29) is 24.3 Å². The van der Waals surface area contributed by atoms with E-state index in [0.717, 1.165) is 26.1 Å². The van der Waals surface area contributed by atoms with E-state index in [2.05, 4.69) is 48.3 Å². The van der Waals surface area contributed by atoms with Crippen LogP contribution in [0.15, 0.2) is 24.3 Å². The molecule has 1 aliphatic heterocycles. The molecule has 1 aromatic rings. The first-order valence-electron chi connectivity index (χ1n) is 9.92. The van der Waals surface area contributed by atoms with E-state index in [0.29, 0.717) is 19.0 Å². The molecule has 26 heavy (non-hydrogen) atoms. The van der Waals surface area contributed by atoms with Gasteiger partial charge in [0.05, 0.1) is 12.5 Å². The summed E-state index contributed by atoms with van der Waals surface area (Å²) >= 11 is 0. The number of piperazine rings is 1. The average Bonchev–Trinajstić information content (AvgIpc) is 3.43. The number of hydrogen-bond acceptors (Lipinski definition) is 3. The van der Waals surface area contributed by atoms with Crippen molar-refractivity contribution in [3.63, 3.8) is 0 Å². The zero-order valence-electron chi connectivity index (χ0n) is 16.0. The van der Waals surface area contributed by atoms with E-state index in [9.17, 15) is 9.59 Å². The predicted molar refractivity (Wildman–Crippen MR) is 103 cm³/mol. The standard InChI is InChI=1S/C21H31N3O2/c1-3-11-24(15-18-8-9-18)20(25)13-19-21(26)22-10-12-23(19)14-17-6-4-16(2)5-7-17/h4-7,18-19H,3,8-15H2,1-2H3,(H,22,26)/t19-/m1/s1. The number of nitrogens with zero attached hydrogens (tertiary/aromatic N) is 2. The third kappa shape index (κ3) is 5.07. The molecule has 0 bridgehead atoms. The Morgan fingerprint density at radius 1 is 1.27 bits per heavy atom. The molecule has 142 valence electrons. The molecule has 2 aliphatic rings. The SMILES string of the molecule is CCCN(CC1CC1)C(=O)C[C@@H]1C(=O)NCCN1Cc1ccc(C)cc1. The molecule has 1 N–H and O–H groups in total. The summed E-state index contributed by atoms with van der Waals surface area (Å²) in [4.78, 5) is 29.5. The number of benzene rings is 1. The van der Waals surface area contributed by atoms with E-state index in [1.807, 2.05) is 4.90 Å². The fraction of sp³-hybridized carbons (Fsp3) is 0.619. The average molecular weight is 357 g/mol. The van der Waals surface area contributed by atoms with Crippen LogP contribution in [0.2, 0.25) is 0 Å². The number of carbonyl (C=O) groups excluding carboxylic acids is 2. The molecule has 2 fully saturated rings. The molecule has 2 amide bonds. The van der Waals surface area contributed by atoms with Crippen LogP contribution in [0.25, 0.3) is 0 Å². The summed E-state index contributed by atoms with van der Waals surface area (Å²) in [5.41, 5.74) is 2.42. The van der Waals surface area contributed by atoms with Gasteiger partial charge in [-0.25, -0.2) is 0 Å². The van der Waals surface area contributed by atoms with Crippen LogP contribution >= 0.6 is 0 Å². The molecule has 5 nitrogen and oxygen atoms in total. The highest BCUT2D eigenvalue weighted by Crippen LogP contribution is 2.30. The zero-order chi connectivity index (χ0) is 18.5. The third-order valence-corrected chi connectivity index (χ3v) is 5.34. The number of hydrogen-bond donors (Lipinski definition) is 1. The number of aryl methyl sites for hydroxylation is 1. The second-order valence-corrected chi connectivity index (χ2v) is 7.75. The van der Waals surface area contributed by atoms with Gasteiger partial charge in [0.15, 0.2) is 0 Å². The van der Waals surface area contributed by atoms with Crippen LogP contribution in [0, 0.1) is 12.8 Å². The second-order valence-electron chi connectivity index (χ2n) is 7.75. The lowest BCUT2D eigenvalue weighted by Crippen LogP contribution is -2.56. The Bertz CT molecular complexity index is 625. The third-order valence-electron chi connectivity index (χ3n) is 5.34. The van der Waals surface area contributed by atoms with Crippen molar-refractivity contribution >= 4 is 11.8 Å². The molecule has 1 aromatic carbocycles. The highest BCUT2D eigenvalue weighted by atomic mass is 16.2. The minimum atomic E-state index is -0.365. The van der Waals surface area contributed by atoms with E-state index in [4.69, 9.17) is 0 Å². The first-order valence-corrected chi connectivity index (χ1v) is 9.92. The molecule has 1 saturated carbocycles. The van der Waals surface area contributed by atoms with Gasteiger partial charge in [0.25, 0.3) is 0 Å². The summed E-state index contributed by atoms with van der Waals surface area (Å²) in [6, 6.07) is 8.04. The van der Waals surface area contributed by atoms with Crippen LogP contribution in [-0.2, 0) is 16.1 Å². The highest BCUT2D eigenvalue weighted by Gasteiger charge is 2.34. The van der Waals surface area contributed by atoms with Gasteiger partial charge in [-0.15, -0.1) is 0 Å². The van der Waals surface area contributed by atoms with Crippen molar-refractivity contribution in [3.05, 3.63) is 35.4 Å². The summed E-state index contributed by atoms with van der Waals surface area (Å²) in [6.45, 7) is 7.97. The van der Waals surface area contributed by atoms with Crippen molar-refractivity contribution in [2.75, 3.05) is 26.2 Å². The van der Waals surface area contributed by atoms with Crippen molar-refractivity contribution in [2.45, 2.75) is 52.1 Å². The van der Waals surface area contributed by atoms with Crippen molar-refractivity contribution in [1.29, 1.82) is 0 Å². The Hall–Kier alpha value is -1.88. The smallest absolute Gasteiger partial charge is 0.237 e. The molecule has 0 radical (unpaired) electrons. The van der Waals surface area contributed by atoms with Crippen molar-refractivity contribution < 1.29 is 9.59 Å².